The standard InChI is InChI=1S/C16H15NO5S/c1-22-15-8-7-12(10-18)9-14(15)17-16(19)11-23(20,21)13-5-3-2-4-6-13/h2-10H,11H2,1H3,(H,17,19). The van der Waals surface area contributed by atoms with Gasteiger partial charge in [-0.05, 0) is 30.3 Å². The van der Waals surface area contributed by atoms with E-state index in [0.29, 0.717) is 17.6 Å². The minimum absolute atomic E-state index is 0.0729. The van der Waals surface area contributed by atoms with Crippen LogP contribution < -0.4 is 10.1 Å². The van der Waals surface area contributed by atoms with E-state index in [1.807, 2.05) is 0 Å². The lowest BCUT2D eigenvalue weighted by Crippen LogP contribution is -2.23. The first-order chi connectivity index (χ1) is 11.0. The molecular weight excluding hydrogens is 318 g/mol. The first-order valence-electron chi connectivity index (χ1n) is 6.67. The third kappa shape index (κ3) is 4.17. The lowest BCUT2D eigenvalue weighted by molar-refractivity contribution is -0.113. The molecule has 2 aromatic carbocycles. The molecule has 1 N–H and O–H groups in total. The number of hydrogen-bond acceptors (Lipinski definition) is 5. The Morgan fingerprint density at radius 1 is 1.17 bits per heavy atom. The number of anilines is 1. The fourth-order valence-corrected chi connectivity index (χ4v) is 3.12. The lowest BCUT2D eigenvalue weighted by atomic mass is 10.2. The maximum absolute atomic E-state index is 12.2. The van der Waals surface area contributed by atoms with Gasteiger partial charge >= 0.3 is 0 Å². The van der Waals surface area contributed by atoms with Crippen LogP contribution in [-0.4, -0.2) is 33.5 Å². The summed E-state index contributed by atoms with van der Waals surface area (Å²) in [6.07, 6.45) is 0.621. The van der Waals surface area contributed by atoms with E-state index >= 15 is 0 Å². The molecule has 0 fully saturated rings. The second-order valence-corrected chi connectivity index (χ2v) is 6.69. The molecular formula is C16H15NO5S. The lowest BCUT2D eigenvalue weighted by Gasteiger charge is -2.11. The summed E-state index contributed by atoms with van der Waals surface area (Å²) in [6, 6.07) is 12.2. The highest BCUT2D eigenvalue weighted by atomic mass is 32.2. The van der Waals surface area contributed by atoms with Gasteiger partial charge in [0.05, 0.1) is 17.7 Å². The molecule has 23 heavy (non-hydrogen) atoms. The van der Waals surface area contributed by atoms with Crippen LogP contribution in [-0.2, 0) is 14.6 Å². The van der Waals surface area contributed by atoms with E-state index in [1.165, 1.54) is 37.4 Å². The SMILES string of the molecule is COc1ccc(C=O)cc1NC(=O)CS(=O)(=O)c1ccccc1. The maximum Gasteiger partial charge on any atom is 0.240 e. The molecule has 0 saturated carbocycles. The van der Waals surface area contributed by atoms with E-state index in [9.17, 15) is 18.0 Å². The van der Waals surface area contributed by atoms with E-state index in [1.54, 1.807) is 18.2 Å². The Labute approximate surface area is 134 Å². The molecule has 2 aromatic rings. The summed E-state index contributed by atoms with van der Waals surface area (Å²) in [5.74, 6) is -1.08. The van der Waals surface area contributed by atoms with Gasteiger partial charge in [0.2, 0.25) is 5.91 Å². The Hall–Kier alpha value is -2.67. The van der Waals surface area contributed by atoms with E-state index in [-0.39, 0.29) is 10.6 Å². The second kappa shape index (κ2) is 7.06. The minimum atomic E-state index is -3.74. The molecule has 0 aromatic heterocycles. The van der Waals surface area contributed by atoms with Gasteiger partial charge in [-0.25, -0.2) is 8.42 Å². The summed E-state index contributed by atoms with van der Waals surface area (Å²) in [5, 5.41) is 2.46. The Kier molecular flexibility index (Phi) is 5.13. The van der Waals surface area contributed by atoms with E-state index in [4.69, 9.17) is 4.74 Å². The van der Waals surface area contributed by atoms with Crippen LogP contribution in [0.25, 0.3) is 0 Å². The third-order valence-electron chi connectivity index (χ3n) is 3.06. The Morgan fingerprint density at radius 3 is 2.48 bits per heavy atom. The van der Waals surface area contributed by atoms with Crippen molar-refractivity contribution in [3.8, 4) is 5.75 Å². The topological polar surface area (TPSA) is 89.5 Å². The summed E-state index contributed by atoms with van der Waals surface area (Å²) in [5.41, 5.74) is 0.581. The highest BCUT2D eigenvalue weighted by molar-refractivity contribution is 7.92. The number of rotatable bonds is 6. The molecule has 0 saturated heterocycles. The van der Waals surface area contributed by atoms with Crippen molar-refractivity contribution in [1.82, 2.24) is 0 Å². The van der Waals surface area contributed by atoms with Gasteiger partial charge in [0, 0.05) is 5.56 Å². The van der Waals surface area contributed by atoms with Gasteiger partial charge in [-0.3, -0.25) is 9.59 Å². The molecule has 1 amide bonds. The van der Waals surface area contributed by atoms with Gasteiger partial charge in [-0.1, -0.05) is 18.2 Å². The summed E-state index contributed by atoms with van der Waals surface area (Å²) in [6.45, 7) is 0. The maximum atomic E-state index is 12.2. The molecule has 0 spiro atoms. The Morgan fingerprint density at radius 2 is 1.87 bits per heavy atom. The van der Waals surface area contributed by atoms with E-state index in [0.717, 1.165) is 0 Å². The normalized spacial score (nSPS) is 10.8. The number of benzene rings is 2. The van der Waals surface area contributed by atoms with Crippen LogP contribution in [0, 0.1) is 0 Å². The number of ether oxygens (including phenoxy) is 1. The van der Waals surface area contributed by atoms with Gasteiger partial charge in [0.15, 0.2) is 9.84 Å². The number of carbonyl (C=O) groups is 2. The van der Waals surface area contributed by atoms with Crippen molar-refractivity contribution in [2.24, 2.45) is 0 Å². The average Bonchev–Trinajstić information content (AvgIpc) is 2.55. The molecule has 0 atom stereocenters. The number of hydrogen-bond donors (Lipinski definition) is 1. The number of methoxy groups -OCH3 is 1. The zero-order valence-corrected chi connectivity index (χ0v) is 13.2. The van der Waals surface area contributed by atoms with Gasteiger partial charge in [-0.15, -0.1) is 0 Å². The molecule has 0 aliphatic heterocycles. The van der Waals surface area contributed by atoms with Crippen LogP contribution in [0.2, 0.25) is 0 Å². The Bertz CT molecular complexity index is 816. The predicted molar refractivity (Wildman–Crippen MR) is 85.5 cm³/mol. The fraction of sp³-hybridized carbons (Fsp3) is 0.125. The van der Waals surface area contributed by atoms with Crippen molar-refractivity contribution < 1.29 is 22.7 Å². The third-order valence-corrected chi connectivity index (χ3v) is 4.69. The highest BCUT2D eigenvalue weighted by Crippen LogP contribution is 2.25. The first kappa shape index (κ1) is 16.7. The summed E-state index contributed by atoms with van der Waals surface area (Å²) < 4.78 is 29.4. The van der Waals surface area contributed by atoms with Crippen LogP contribution in [0.3, 0.4) is 0 Å². The van der Waals surface area contributed by atoms with Crippen LogP contribution in [0.15, 0.2) is 53.4 Å². The van der Waals surface area contributed by atoms with Crippen molar-refractivity contribution in [3.05, 3.63) is 54.1 Å². The summed E-state index contributed by atoms with van der Waals surface area (Å²) in [7, 11) is -2.33. The highest BCUT2D eigenvalue weighted by Gasteiger charge is 2.20. The summed E-state index contributed by atoms with van der Waals surface area (Å²) in [4.78, 5) is 22.9. The smallest absolute Gasteiger partial charge is 0.240 e. The van der Waals surface area contributed by atoms with Crippen LogP contribution in [0.4, 0.5) is 5.69 Å². The first-order valence-corrected chi connectivity index (χ1v) is 8.32. The van der Waals surface area contributed by atoms with Crippen molar-refractivity contribution in [1.29, 1.82) is 0 Å². The van der Waals surface area contributed by atoms with Gasteiger partial charge < -0.3 is 10.1 Å². The molecule has 0 heterocycles. The molecule has 0 bridgehead atoms. The number of carbonyl (C=O) groups excluding carboxylic acids is 2. The molecule has 0 aliphatic rings. The van der Waals surface area contributed by atoms with Crippen molar-refractivity contribution in [2.75, 3.05) is 18.2 Å². The summed E-state index contributed by atoms with van der Waals surface area (Å²) >= 11 is 0. The fourth-order valence-electron chi connectivity index (χ4n) is 1.97. The number of amides is 1. The quantitative estimate of drug-likeness (QED) is 0.816. The molecule has 2 rings (SSSR count). The van der Waals surface area contributed by atoms with Crippen molar-refractivity contribution in [2.45, 2.75) is 4.90 Å². The molecule has 120 valence electrons. The zero-order valence-electron chi connectivity index (χ0n) is 12.4. The minimum Gasteiger partial charge on any atom is -0.495 e. The molecule has 7 heteroatoms. The molecule has 6 nitrogen and oxygen atoms in total. The van der Waals surface area contributed by atoms with Crippen LogP contribution in [0.1, 0.15) is 10.4 Å². The van der Waals surface area contributed by atoms with Crippen molar-refractivity contribution in [3.63, 3.8) is 0 Å². The number of aldehydes is 1. The van der Waals surface area contributed by atoms with Gasteiger partial charge in [0.25, 0.3) is 0 Å². The van der Waals surface area contributed by atoms with Crippen LogP contribution in [0.5, 0.6) is 5.75 Å². The molecule has 0 radical (unpaired) electrons. The van der Waals surface area contributed by atoms with E-state index in [2.05, 4.69) is 5.32 Å². The van der Waals surface area contributed by atoms with Crippen molar-refractivity contribution >= 4 is 27.7 Å². The average molecular weight is 333 g/mol. The zero-order chi connectivity index (χ0) is 16.9. The van der Waals surface area contributed by atoms with Gasteiger partial charge in [0.1, 0.15) is 17.8 Å². The monoisotopic (exact) mass is 333 g/mol. The molecule has 0 unspecified atom stereocenters. The number of sulfone groups is 1. The Balaban J connectivity index is 2.18. The largest absolute Gasteiger partial charge is 0.495 e. The van der Waals surface area contributed by atoms with Crippen LogP contribution >= 0.6 is 0 Å². The van der Waals surface area contributed by atoms with Gasteiger partial charge in [-0.2, -0.15) is 0 Å². The number of nitrogens with one attached hydrogen (secondary N) is 1. The van der Waals surface area contributed by atoms with E-state index < -0.39 is 21.5 Å². The second-order valence-electron chi connectivity index (χ2n) is 4.70. The molecule has 0 aliphatic carbocycles. The predicted octanol–water partition coefficient (Wildman–Crippen LogP) is 1.92.